The lowest BCUT2D eigenvalue weighted by Gasteiger charge is -2.49. The molecule has 1 N–H and O–H groups in total. The Morgan fingerprint density at radius 2 is 2.30 bits per heavy atom. The highest BCUT2D eigenvalue weighted by atomic mass is 15.2. The number of hydrogen-bond donors (Lipinski definition) is 1. The Morgan fingerprint density at radius 3 is 3.20 bits per heavy atom. The predicted octanol–water partition coefficient (Wildman–Crippen LogP) is 2.92. The molecule has 2 fully saturated rings. The van der Waals surface area contributed by atoms with Crippen LogP contribution in [0.5, 0.6) is 0 Å². The quantitative estimate of drug-likeness (QED) is 0.844. The van der Waals surface area contributed by atoms with Crippen molar-refractivity contribution in [3.05, 3.63) is 34.9 Å². The van der Waals surface area contributed by atoms with Crippen molar-refractivity contribution < 1.29 is 0 Å². The van der Waals surface area contributed by atoms with E-state index >= 15 is 0 Å². The summed E-state index contributed by atoms with van der Waals surface area (Å²) in [6.45, 7) is 6.08. The molecule has 0 bridgehead atoms. The fraction of sp³-hybridized carbons (Fsp3) is 0.667. The van der Waals surface area contributed by atoms with Crippen LogP contribution in [0.3, 0.4) is 0 Å². The maximum absolute atomic E-state index is 3.78. The smallest absolute Gasteiger partial charge is 0.0366 e. The Labute approximate surface area is 122 Å². The summed E-state index contributed by atoms with van der Waals surface area (Å²) in [5.41, 5.74) is 4.75. The number of piperidine rings is 2. The molecule has 3 aliphatic heterocycles. The molecule has 2 nitrogen and oxygen atoms in total. The summed E-state index contributed by atoms with van der Waals surface area (Å²) >= 11 is 0. The van der Waals surface area contributed by atoms with Crippen LogP contribution >= 0.6 is 0 Å². The molecule has 0 spiro atoms. The summed E-state index contributed by atoms with van der Waals surface area (Å²) in [4.78, 5) is 2.77. The van der Waals surface area contributed by atoms with Gasteiger partial charge in [-0.05, 0) is 61.3 Å². The first-order chi connectivity index (χ1) is 9.85. The number of nitrogens with zero attached hydrogens (tertiary/aromatic N) is 1. The number of benzene rings is 1. The van der Waals surface area contributed by atoms with Crippen molar-refractivity contribution in [1.82, 2.24) is 10.2 Å². The summed E-state index contributed by atoms with van der Waals surface area (Å²) in [5, 5.41) is 3.78. The van der Waals surface area contributed by atoms with Crippen LogP contribution in [-0.4, -0.2) is 30.6 Å². The van der Waals surface area contributed by atoms with Gasteiger partial charge in [-0.2, -0.15) is 0 Å². The van der Waals surface area contributed by atoms with Gasteiger partial charge in [-0.15, -0.1) is 0 Å². The zero-order valence-electron chi connectivity index (χ0n) is 12.6. The largest absolute Gasteiger partial charge is 0.314 e. The first kappa shape index (κ1) is 12.8. The van der Waals surface area contributed by atoms with E-state index in [1.54, 1.807) is 11.1 Å². The van der Waals surface area contributed by atoms with Gasteiger partial charge in [-0.1, -0.05) is 25.1 Å². The molecule has 0 radical (unpaired) electrons. The Balaban J connectivity index is 1.63. The predicted molar refractivity (Wildman–Crippen MR) is 83.0 cm³/mol. The normalized spacial score (nSPS) is 33.1. The molecule has 3 atom stereocenters. The van der Waals surface area contributed by atoms with Gasteiger partial charge >= 0.3 is 0 Å². The van der Waals surface area contributed by atoms with Crippen molar-refractivity contribution in [2.45, 2.75) is 51.1 Å². The average Bonchev–Trinajstić information content (AvgIpc) is 2.52. The van der Waals surface area contributed by atoms with Gasteiger partial charge in [0.1, 0.15) is 0 Å². The molecule has 108 valence electrons. The molecule has 2 saturated heterocycles. The van der Waals surface area contributed by atoms with E-state index in [1.165, 1.54) is 50.9 Å². The lowest BCUT2D eigenvalue weighted by Crippen LogP contribution is -2.54. The van der Waals surface area contributed by atoms with Crippen molar-refractivity contribution in [3.63, 3.8) is 0 Å². The van der Waals surface area contributed by atoms with Gasteiger partial charge in [0.15, 0.2) is 0 Å². The molecular formula is C18H26N2. The number of aryl methyl sites for hydroxylation is 1. The monoisotopic (exact) mass is 270 g/mol. The third-order valence-electron chi connectivity index (χ3n) is 5.76. The zero-order valence-corrected chi connectivity index (χ0v) is 12.6. The number of rotatable bonds is 1. The van der Waals surface area contributed by atoms with Crippen LogP contribution in [0.15, 0.2) is 18.2 Å². The first-order valence-corrected chi connectivity index (χ1v) is 8.44. The lowest BCUT2D eigenvalue weighted by molar-refractivity contribution is 0.0552. The van der Waals surface area contributed by atoms with E-state index in [9.17, 15) is 0 Å². The summed E-state index contributed by atoms with van der Waals surface area (Å²) < 4.78 is 0. The van der Waals surface area contributed by atoms with Crippen molar-refractivity contribution >= 4 is 0 Å². The van der Waals surface area contributed by atoms with Gasteiger partial charge in [-0.25, -0.2) is 0 Å². The zero-order chi connectivity index (χ0) is 13.5. The Hall–Kier alpha value is -0.860. The molecule has 0 saturated carbocycles. The average molecular weight is 270 g/mol. The second kappa shape index (κ2) is 5.16. The van der Waals surface area contributed by atoms with Gasteiger partial charge in [0, 0.05) is 25.2 Å². The summed E-state index contributed by atoms with van der Waals surface area (Å²) in [5.74, 6) is 0.900. The van der Waals surface area contributed by atoms with Crippen LogP contribution in [0.2, 0.25) is 0 Å². The molecule has 3 aliphatic rings. The molecule has 1 aromatic rings. The van der Waals surface area contributed by atoms with E-state index in [2.05, 4.69) is 35.3 Å². The molecule has 0 unspecified atom stereocenters. The Kier molecular flexibility index (Phi) is 3.31. The minimum Gasteiger partial charge on any atom is -0.314 e. The standard InChI is InChI=1S/C18H26N2/c1-2-13-5-6-16-14(10-13)7-9-20-12-15-4-3-8-19-17(15)11-18(16)20/h5-6,10,15,17-19H,2-4,7-9,11-12H2,1H3/t15-,17+,18+/m1/s1. The minimum atomic E-state index is 0.677. The van der Waals surface area contributed by atoms with Crippen LogP contribution in [0.4, 0.5) is 0 Å². The van der Waals surface area contributed by atoms with E-state index in [1.807, 2.05) is 0 Å². The van der Waals surface area contributed by atoms with E-state index in [-0.39, 0.29) is 0 Å². The highest BCUT2D eigenvalue weighted by molar-refractivity contribution is 5.37. The number of hydrogen-bond acceptors (Lipinski definition) is 2. The van der Waals surface area contributed by atoms with Crippen molar-refractivity contribution in [2.75, 3.05) is 19.6 Å². The second-order valence-corrected chi connectivity index (χ2v) is 6.85. The number of nitrogens with one attached hydrogen (secondary N) is 1. The lowest BCUT2D eigenvalue weighted by atomic mass is 9.77. The molecule has 20 heavy (non-hydrogen) atoms. The molecule has 0 aliphatic carbocycles. The van der Waals surface area contributed by atoms with Crippen LogP contribution < -0.4 is 5.32 Å². The van der Waals surface area contributed by atoms with Gasteiger partial charge in [0.25, 0.3) is 0 Å². The van der Waals surface area contributed by atoms with Gasteiger partial charge in [0.2, 0.25) is 0 Å². The van der Waals surface area contributed by atoms with Crippen molar-refractivity contribution in [3.8, 4) is 0 Å². The fourth-order valence-corrected chi connectivity index (χ4v) is 4.59. The Bertz CT molecular complexity index is 496. The summed E-state index contributed by atoms with van der Waals surface area (Å²) in [6, 6.07) is 8.68. The second-order valence-electron chi connectivity index (χ2n) is 6.85. The number of fused-ring (bicyclic) bond motifs is 4. The molecule has 0 amide bonds. The summed E-state index contributed by atoms with van der Waals surface area (Å²) in [6.07, 6.45) is 6.54. The van der Waals surface area contributed by atoms with Crippen LogP contribution in [0.1, 0.15) is 48.9 Å². The minimum absolute atomic E-state index is 0.677. The molecule has 3 heterocycles. The third kappa shape index (κ3) is 2.10. The summed E-state index contributed by atoms with van der Waals surface area (Å²) in [7, 11) is 0. The molecule has 1 aromatic carbocycles. The Morgan fingerprint density at radius 1 is 1.35 bits per heavy atom. The van der Waals surface area contributed by atoms with E-state index in [0.29, 0.717) is 6.04 Å². The van der Waals surface area contributed by atoms with Crippen LogP contribution in [0, 0.1) is 5.92 Å². The molecule has 0 aromatic heterocycles. The van der Waals surface area contributed by atoms with E-state index < -0.39 is 0 Å². The highest BCUT2D eigenvalue weighted by Crippen LogP contribution is 2.40. The van der Waals surface area contributed by atoms with E-state index in [4.69, 9.17) is 0 Å². The van der Waals surface area contributed by atoms with Crippen LogP contribution in [-0.2, 0) is 12.8 Å². The first-order valence-electron chi connectivity index (χ1n) is 8.44. The van der Waals surface area contributed by atoms with Gasteiger partial charge < -0.3 is 5.32 Å². The molecule has 2 heteroatoms. The van der Waals surface area contributed by atoms with E-state index in [0.717, 1.165) is 18.4 Å². The topological polar surface area (TPSA) is 15.3 Å². The maximum atomic E-state index is 3.78. The third-order valence-corrected chi connectivity index (χ3v) is 5.76. The molecular weight excluding hydrogens is 244 g/mol. The van der Waals surface area contributed by atoms with Crippen molar-refractivity contribution in [2.24, 2.45) is 5.92 Å². The SMILES string of the molecule is CCc1ccc2c(c1)CCN1C[C@H]3CCCN[C@H]3C[C@@H]21. The highest BCUT2D eigenvalue weighted by Gasteiger charge is 2.39. The van der Waals surface area contributed by atoms with Gasteiger partial charge in [0.05, 0.1) is 0 Å². The van der Waals surface area contributed by atoms with Crippen LogP contribution in [0.25, 0.3) is 0 Å². The molecule has 4 rings (SSSR count). The van der Waals surface area contributed by atoms with Gasteiger partial charge in [-0.3, -0.25) is 4.90 Å². The fourth-order valence-electron chi connectivity index (χ4n) is 4.59. The maximum Gasteiger partial charge on any atom is 0.0366 e. The van der Waals surface area contributed by atoms with Crippen molar-refractivity contribution in [1.29, 1.82) is 0 Å².